The van der Waals surface area contributed by atoms with Crippen molar-refractivity contribution in [1.82, 2.24) is 4.98 Å². The normalized spacial score (nSPS) is 10.7. The number of halogens is 2. The predicted molar refractivity (Wildman–Crippen MR) is 84.3 cm³/mol. The van der Waals surface area contributed by atoms with Crippen LogP contribution in [0.1, 0.15) is 15.9 Å². The number of hydrogen-bond donors (Lipinski definition) is 0. The molecule has 0 bridgehead atoms. The fraction of sp³-hybridized carbons (Fsp3) is 0. The van der Waals surface area contributed by atoms with E-state index in [1.54, 1.807) is 6.20 Å². The smallest absolute Gasteiger partial charge is 0.195 e. The van der Waals surface area contributed by atoms with Crippen LogP contribution in [0.15, 0.2) is 54.7 Å². The zero-order valence-electron chi connectivity index (χ0n) is 10.3. The number of para-hydroxylation sites is 1. The summed E-state index contributed by atoms with van der Waals surface area (Å²) < 4.78 is 13.7. The van der Waals surface area contributed by atoms with Crippen molar-refractivity contribution in [2.24, 2.45) is 0 Å². The topological polar surface area (TPSA) is 30.0 Å². The van der Waals surface area contributed by atoms with Crippen molar-refractivity contribution < 1.29 is 9.18 Å². The number of ketones is 1. The Hall–Kier alpha value is -1.82. The zero-order chi connectivity index (χ0) is 14.1. The average molecular weight is 377 g/mol. The Morgan fingerprint density at radius 1 is 1.10 bits per heavy atom. The van der Waals surface area contributed by atoms with E-state index in [1.807, 2.05) is 52.9 Å². The Morgan fingerprint density at radius 3 is 2.70 bits per heavy atom. The molecule has 3 rings (SSSR count). The first-order valence-electron chi connectivity index (χ1n) is 6.00. The van der Waals surface area contributed by atoms with E-state index < -0.39 is 0 Å². The summed E-state index contributed by atoms with van der Waals surface area (Å²) in [7, 11) is 0. The van der Waals surface area contributed by atoms with Crippen LogP contribution in [0.2, 0.25) is 0 Å². The first kappa shape index (κ1) is 13.2. The number of aromatic nitrogens is 1. The van der Waals surface area contributed by atoms with Crippen molar-refractivity contribution >= 4 is 39.3 Å². The third-order valence-electron chi connectivity index (χ3n) is 3.03. The van der Waals surface area contributed by atoms with E-state index >= 15 is 0 Å². The molecule has 1 heterocycles. The Kier molecular flexibility index (Phi) is 3.48. The summed E-state index contributed by atoms with van der Waals surface area (Å²) in [6.07, 6.45) is 1.56. The van der Waals surface area contributed by atoms with Gasteiger partial charge in [0.05, 0.1) is 5.52 Å². The lowest BCUT2D eigenvalue weighted by Crippen LogP contribution is -2.04. The van der Waals surface area contributed by atoms with E-state index in [-0.39, 0.29) is 11.6 Å². The molecule has 2 aromatic carbocycles. The summed E-state index contributed by atoms with van der Waals surface area (Å²) in [5, 5.41) is 0.912. The lowest BCUT2D eigenvalue weighted by Gasteiger charge is -2.05. The molecule has 0 aliphatic carbocycles. The number of carbonyl (C=O) groups is 1. The monoisotopic (exact) mass is 377 g/mol. The first-order chi connectivity index (χ1) is 9.65. The maximum absolute atomic E-state index is 13.1. The molecule has 0 N–H and O–H groups in total. The fourth-order valence-corrected chi connectivity index (χ4v) is 2.75. The van der Waals surface area contributed by atoms with Crippen LogP contribution in [0.5, 0.6) is 0 Å². The number of fused-ring (bicyclic) bond motifs is 1. The molecule has 0 unspecified atom stereocenters. The highest BCUT2D eigenvalue weighted by atomic mass is 127. The van der Waals surface area contributed by atoms with Crippen molar-refractivity contribution in [3.63, 3.8) is 0 Å². The lowest BCUT2D eigenvalue weighted by molar-refractivity contribution is 0.103. The van der Waals surface area contributed by atoms with Gasteiger partial charge in [-0.25, -0.2) is 4.39 Å². The van der Waals surface area contributed by atoms with Gasteiger partial charge in [-0.15, -0.1) is 0 Å². The van der Waals surface area contributed by atoms with E-state index in [0.29, 0.717) is 14.7 Å². The molecule has 20 heavy (non-hydrogen) atoms. The molecule has 0 radical (unpaired) electrons. The van der Waals surface area contributed by atoms with Crippen LogP contribution in [0.3, 0.4) is 0 Å². The molecule has 0 aliphatic rings. The molecule has 0 saturated heterocycles. The fourth-order valence-electron chi connectivity index (χ4n) is 2.02. The SMILES string of the molecule is O=C(c1cnc2ccccc2c1)c1ccc(F)cc1I. The van der Waals surface area contributed by atoms with Crippen molar-refractivity contribution in [3.8, 4) is 0 Å². The Morgan fingerprint density at radius 2 is 1.90 bits per heavy atom. The van der Waals surface area contributed by atoms with Gasteiger partial charge in [0.2, 0.25) is 0 Å². The molecule has 0 fully saturated rings. The number of hydrogen-bond acceptors (Lipinski definition) is 2. The van der Waals surface area contributed by atoms with Gasteiger partial charge in [0, 0.05) is 26.3 Å². The van der Waals surface area contributed by atoms with Gasteiger partial charge in [0.1, 0.15) is 5.82 Å². The van der Waals surface area contributed by atoms with Gasteiger partial charge in [-0.3, -0.25) is 9.78 Å². The van der Waals surface area contributed by atoms with Crippen LogP contribution in [-0.2, 0) is 0 Å². The van der Waals surface area contributed by atoms with E-state index in [9.17, 15) is 9.18 Å². The number of carbonyl (C=O) groups excluding carboxylic acids is 1. The summed E-state index contributed by atoms with van der Waals surface area (Å²) in [5.41, 5.74) is 1.84. The second-order valence-corrected chi connectivity index (χ2v) is 5.53. The third-order valence-corrected chi connectivity index (χ3v) is 3.92. The number of nitrogens with zero attached hydrogens (tertiary/aromatic N) is 1. The minimum atomic E-state index is -0.345. The summed E-state index contributed by atoms with van der Waals surface area (Å²) in [5.74, 6) is -0.491. The molecular formula is C16H9FINO. The summed E-state index contributed by atoms with van der Waals surface area (Å²) in [4.78, 5) is 16.7. The lowest BCUT2D eigenvalue weighted by atomic mass is 10.0. The highest BCUT2D eigenvalue weighted by molar-refractivity contribution is 14.1. The largest absolute Gasteiger partial charge is 0.289 e. The molecule has 0 atom stereocenters. The Balaban J connectivity index is 2.08. The van der Waals surface area contributed by atoms with Crippen LogP contribution < -0.4 is 0 Å². The average Bonchev–Trinajstić information content (AvgIpc) is 2.46. The molecule has 98 valence electrons. The van der Waals surface area contributed by atoms with Crippen LogP contribution >= 0.6 is 22.6 Å². The molecule has 3 aromatic rings. The first-order valence-corrected chi connectivity index (χ1v) is 7.07. The molecule has 0 amide bonds. The molecular weight excluding hydrogens is 368 g/mol. The minimum Gasteiger partial charge on any atom is -0.289 e. The van der Waals surface area contributed by atoms with E-state index in [4.69, 9.17) is 0 Å². The van der Waals surface area contributed by atoms with Crippen molar-refractivity contribution in [2.75, 3.05) is 0 Å². The summed E-state index contributed by atoms with van der Waals surface area (Å²) in [6, 6.07) is 13.6. The maximum atomic E-state index is 13.1. The number of rotatable bonds is 2. The van der Waals surface area contributed by atoms with Gasteiger partial charge in [-0.05, 0) is 52.9 Å². The molecule has 2 nitrogen and oxygen atoms in total. The number of pyridine rings is 1. The summed E-state index contributed by atoms with van der Waals surface area (Å²) in [6.45, 7) is 0. The molecule has 0 aliphatic heterocycles. The summed E-state index contributed by atoms with van der Waals surface area (Å²) >= 11 is 1.96. The van der Waals surface area contributed by atoms with Gasteiger partial charge in [0.15, 0.2) is 5.78 Å². The van der Waals surface area contributed by atoms with Gasteiger partial charge >= 0.3 is 0 Å². The minimum absolute atomic E-state index is 0.146. The van der Waals surface area contributed by atoms with Gasteiger partial charge in [0.25, 0.3) is 0 Å². The van der Waals surface area contributed by atoms with Gasteiger partial charge < -0.3 is 0 Å². The van der Waals surface area contributed by atoms with Crippen molar-refractivity contribution in [3.05, 3.63) is 75.2 Å². The zero-order valence-corrected chi connectivity index (χ0v) is 12.5. The maximum Gasteiger partial charge on any atom is 0.195 e. The predicted octanol–water partition coefficient (Wildman–Crippen LogP) is 4.21. The van der Waals surface area contributed by atoms with Crippen LogP contribution in [0.25, 0.3) is 10.9 Å². The molecule has 0 saturated carbocycles. The van der Waals surface area contributed by atoms with Gasteiger partial charge in [-0.2, -0.15) is 0 Å². The van der Waals surface area contributed by atoms with Crippen LogP contribution in [-0.4, -0.2) is 10.8 Å². The quantitative estimate of drug-likeness (QED) is 0.495. The highest BCUT2D eigenvalue weighted by Crippen LogP contribution is 2.20. The highest BCUT2D eigenvalue weighted by Gasteiger charge is 2.14. The number of benzene rings is 2. The Bertz CT molecular complexity index is 816. The van der Waals surface area contributed by atoms with E-state index in [1.165, 1.54) is 18.2 Å². The third kappa shape index (κ3) is 2.43. The molecule has 0 spiro atoms. The second-order valence-electron chi connectivity index (χ2n) is 4.37. The van der Waals surface area contributed by atoms with E-state index in [2.05, 4.69) is 4.98 Å². The Labute approximate surface area is 128 Å². The van der Waals surface area contributed by atoms with Crippen molar-refractivity contribution in [2.45, 2.75) is 0 Å². The van der Waals surface area contributed by atoms with Crippen molar-refractivity contribution in [1.29, 1.82) is 0 Å². The van der Waals surface area contributed by atoms with Crippen LogP contribution in [0, 0.1) is 9.39 Å². The molecule has 1 aromatic heterocycles. The van der Waals surface area contributed by atoms with E-state index in [0.717, 1.165) is 10.9 Å². The van der Waals surface area contributed by atoms with Gasteiger partial charge in [-0.1, -0.05) is 18.2 Å². The van der Waals surface area contributed by atoms with Crippen LogP contribution in [0.4, 0.5) is 4.39 Å². The second kappa shape index (κ2) is 5.28. The standard InChI is InChI=1S/C16H9FINO/c17-12-5-6-13(14(18)8-12)16(20)11-7-10-3-1-2-4-15(10)19-9-11/h1-9H. The molecule has 4 heteroatoms.